The van der Waals surface area contributed by atoms with E-state index in [0.717, 1.165) is 19.4 Å². The van der Waals surface area contributed by atoms with Crippen molar-refractivity contribution >= 4 is 5.97 Å². The second kappa shape index (κ2) is 4.73. The van der Waals surface area contributed by atoms with Crippen LogP contribution < -0.4 is 0 Å². The lowest BCUT2D eigenvalue weighted by molar-refractivity contribution is -0.138. The van der Waals surface area contributed by atoms with Crippen molar-refractivity contribution < 1.29 is 22.7 Å². The normalized spacial score (nSPS) is 11.7. The van der Waals surface area contributed by atoms with Gasteiger partial charge in [0.25, 0.3) is 0 Å². The van der Waals surface area contributed by atoms with Crippen LogP contribution >= 0.6 is 0 Å². The molecule has 0 aliphatic heterocycles. The minimum absolute atomic E-state index is 0.0786. The minimum atomic E-state index is -4.53. The van der Waals surface area contributed by atoms with Gasteiger partial charge < -0.3 is 4.74 Å². The molecule has 1 aromatic rings. The maximum atomic E-state index is 12.8. The van der Waals surface area contributed by atoms with Gasteiger partial charge in [0.1, 0.15) is 0 Å². The van der Waals surface area contributed by atoms with E-state index in [2.05, 4.69) is 9.72 Å². The molecule has 0 atom stereocenters. The summed E-state index contributed by atoms with van der Waals surface area (Å²) in [5.41, 5.74) is -1.18. The van der Waals surface area contributed by atoms with Crippen LogP contribution in [0.5, 0.6) is 0 Å². The molecule has 3 nitrogen and oxygen atoms in total. The second-order valence-corrected chi connectivity index (χ2v) is 3.80. The Balaban J connectivity index is 3.35. The Bertz CT molecular complexity index is 427. The number of nitrogens with zero attached hydrogens (tertiary/aromatic N) is 1. The molecule has 0 aromatic carbocycles. The van der Waals surface area contributed by atoms with E-state index < -0.39 is 17.7 Å². The van der Waals surface area contributed by atoms with Crippen molar-refractivity contribution in [2.24, 2.45) is 0 Å². The zero-order valence-electron chi connectivity index (χ0n) is 9.63. The van der Waals surface area contributed by atoms with E-state index in [4.69, 9.17) is 0 Å². The fourth-order valence-corrected chi connectivity index (χ4v) is 1.39. The van der Waals surface area contributed by atoms with Crippen molar-refractivity contribution in [2.45, 2.75) is 25.9 Å². The van der Waals surface area contributed by atoms with E-state index in [1.165, 1.54) is 0 Å². The molecular weight excluding hydrogens is 235 g/mol. The van der Waals surface area contributed by atoms with Gasteiger partial charge in [-0.15, -0.1) is 0 Å². The van der Waals surface area contributed by atoms with E-state index in [1.807, 2.05) is 0 Å². The molecule has 0 aliphatic carbocycles. The van der Waals surface area contributed by atoms with Crippen LogP contribution in [0.15, 0.2) is 12.3 Å². The molecule has 0 radical (unpaired) electrons. The molecule has 0 saturated carbocycles. The molecule has 0 aliphatic rings. The van der Waals surface area contributed by atoms with E-state index in [0.29, 0.717) is 0 Å². The van der Waals surface area contributed by atoms with E-state index in [9.17, 15) is 18.0 Å². The molecule has 94 valence electrons. The number of hydrogen-bond acceptors (Lipinski definition) is 3. The summed E-state index contributed by atoms with van der Waals surface area (Å²) in [5.74, 6) is -1.21. The van der Waals surface area contributed by atoms with E-state index in [-0.39, 0.29) is 17.2 Å². The number of carbonyl (C=O) groups is 1. The van der Waals surface area contributed by atoms with Gasteiger partial charge in [0, 0.05) is 6.20 Å². The number of halogens is 3. The first kappa shape index (κ1) is 13.5. The largest absolute Gasteiger partial charge is 0.465 e. The first-order chi connectivity index (χ1) is 7.77. The van der Waals surface area contributed by atoms with Gasteiger partial charge in [0.05, 0.1) is 23.9 Å². The number of esters is 1. The van der Waals surface area contributed by atoms with Gasteiger partial charge in [-0.2, -0.15) is 13.2 Å². The van der Waals surface area contributed by atoms with Crippen LogP contribution in [0.2, 0.25) is 0 Å². The van der Waals surface area contributed by atoms with Crippen molar-refractivity contribution in [3.05, 3.63) is 29.1 Å². The molecule has 0 fully saturated rings. The number of hydrogen-bond donors (Lipinski definition) is 0. The van der Waals surface area contributed by atoms with E-state index >= 15 is 0 Å². The van der Waals surface area contributed by atoms with Gasteiger partial charge in [-0.3, -0.25) is 4.98 Å². The highest BCUT2D eigenvalue weighted by Crippen LogP contribution is 2.34. The Labute approximate surface area is 96.6 Å². The van der Waals surface area contributed by atoms with Crippen LogP contribution in [0.3, 0.4) is 0 Å². The van der Waals surface area contributed by atoms with Crippen LogP contribution in [-0.4, -0.2) is 18.1 Å². The second-order valence-electron chi connectivity index (χ2n) is 3.80. The third kappa shape index (κ3) is 2.95. The highest BCUT2D eigenvalue weighted by Gasteiger charge is 2.35. The number of ether oxygens (including phenoxy) is 1. The van der Waals surface area contributed by atoms with Crippen LogP contribution in [0, 0.1) is 0 Å². The Kier molecular flexibility index (Phi) is 3.75. The molecule has 0 saturated heterocycles. The summed E-state index contributed by atoms with van der Waals surface area (Å²) in [7, 11) is 1.10. The first-order valence-corrected chi connectivity index (χ1v) is 4.92. The summed E-state index contributed by atoms with van der Waals surface area (Å²) in [6.07, 6.45) is -3.44. The van der Waals surface area contributed by atoms with Crippen molar-refractivity contribution in [2.75, 3.05) is 7.11 Å². The number of aromatic nitrogens is 1. The maximum absolute atomic E-state index is 12.8. The minimum Gasteiger partial charge on any atom is -0.465 e. The molecule has 6 heteroatoms. The fraction of sp³-hybridized carbons (Fsp3) is 0.455. The summed E-state index contributed by atoms with van der Waals surface area (Å²) in [6, 6.07) is 0.772. The highest BCUT2D eigenvalue weighted by molar-refractivity contribution is 5.89. The molecule has 0 N–H and O–H groups in total. The van der Waals surface area contributed by atoms with Gasteiger partial charge in [-0.05, 0) is 12.0 Å². The predicted molar refractivity (Wildman–Crippen MR) is 54.7 cm³/mol. The lowest BCUT2D eigenvalue weighted by atomic mass is 10.0. The van der Waals surface area contributed by atoms with Gasteiger partial charge in [-0.25, -0.2) is 4.79 Å². The van der Waals surface area contributed by atoms with Gasteiger partial charge in [0.15, 0.2) is 0 Å². The average molecular weight is 247 g/mol. The average Bonchev–Trinajstić information content (AvgIpc) is 2.25. The summed E-state index contributed by atoms with van der Waals surface area (Å²) in [5, 5.41) is 0. The molecule has 0 amide bonds. The van der Waals surface area contributed by atoms with Crippen LogP contribution in [0.4, 0.5) is 13.2 Å². The third-order valence-electron chi connectivity index (χ3n) is 2.19. The zero-order chi connectivity index (χ0) is 13.2. The lowest BCUT2D eigenvalue weighted by Crippen LogP contribution is -2.14. The number of rotatable bonds is 2. The standard InChI is InChI=1S/C11H12F3NO2/c1-6(2)9-8(11(12,13)14)4-7(5-15-9)10(16)17-3/h4-6H,1-3H3. The molecule has 0 bridgehead atoms. The summed E-state index contributed by atoms with van der Waals surface area (Å²) < 4.78 is 42.6. The highest BCUT2D eigenvalue weighted by atomic mass is 19.4. The number of methoxy groups -OCH3 is 1. The Hall–Kier alpha value is -1.59. The van der Waals surface area contributed by atoms with Crippen molar-refractivity contribution in [1.82, 2.24) is 4.98 Å². The van der Waals surface area contributed by atoms with Crippen LogP contribution in [-0.2, 0) is 10.9 Å². The molecular formula is C11H12F3NO2. The Morgan fingerprint density at radius 1 is 1.41 bits per heavy atom. The van der Waals surface area contributed by atoms with Crippen molar-refractivity contribution in [1.29, 1.82) is 0 Å². The number of alkyl halides is 3. The molecule has 1 rings (SSSR count). The van der Waals surface area contributed by atoms with Crippen LogP contribution in [0.1, 0.15) is 41.4 Å². The van der Waals surface area contributed by atoms with E-state index in [1.54, 1.807) is 13.8 Å². The lowest BCUT2D eigenvalue weighted by Gasteiger charge is -2.15. The van der Waals surface area contributed by atoms with Gasteiger partial charge >= 0.3 is 12.1 Å². The zero-order valence-corrected chi connectivity index (χ0v) is 9.63. The smallest absolute Gasteiger partial charge is 0.418 e. The SMILES string of the molecule is COC(=O)c1cnc(C(C)C)c(C(F)(F)F)c1. The number of carbonyl (C=O) groups excluding carboxylic acids is 1. The van der Waals surface area contributed by atoms with Gasteiger partial charge in [0.2, 0.25) is 0 Å². The monoisotopic (exact) mass is 247 g/mol. The van der Waals surface area contributed by atoms with Crippen molar-refractivity contribution in [3.63, 3.8) is 0 Å². The molecule has 1 heterocycles. The molecule has 0 unspecified atom stereocenters. The fourth-order valence-electron chi connectivity index (χ4n) is 1.39. The third-order valence-corrected chi connectivity index (χ3v) is 2.19. The molecule has 17 heavy (non-hydrogen) atoms. The van der Waals surface area contributed by atoms with Crippen molar-refractivity contribution in [3.8, 4) is 0 Å². The maximum Gasteiger partial charge on any atom is 0.418 e. The summed E-state index contributed by atoms with van der Waals surface area (Å²) in [4.78, 5) is 14.8. The number of pyridine rings is 1. The summed E-state index contributed by atoms with van der Waals surface area (Å²) >= 11 is 0. The molecule has 1 aromatic heterocycles. The summed E-state index contributed by atoms with van der Waals surface area (Å²) in [6.45, 7) is 3.21. The predicted octanol–water partition coefficient (Wildman–Crippen LogP) is 3.01. The Morgan fingerprint density at radius 3 is 2.41 bits per heavy atom. The van der Waals surface area contributed by atoms with Crippen LogP contribution in [0.25, 0.3) is 0 Å². The first-order valence-electron chi connectivity index (χ1n) is 4.92. The molecule has 0 spiro atoms. The quantitative estimate of drug-likeness (QED) is 0.754. The Morgan fingerprint density at radius 2 is 2.00 bits per heavy atom. The van der Waals surface area contributed by atoms with Gasteiger partial charge in [-0.1, -0.05) is 13.8 Å². The topological polar surface area (TPSA) is 39.2 Å².